The largest absolute Gasteiger partial charge is 0.352 e. The number of sulfonamides is 1. The Morgan fingerprint density at radius 3 is 2.92 bits per heavy atom. The first kappa shape index (κ1) is 16.5. The third-order valence-electron chi connectivity index (χ3n) is 4.03. The highest BCUT2D eigenvalue weighted by Crippen LogP contribution is 2.30. The third-order valence-corrected chi connectivity index (χ3v) is 5.21. The molecule has 0 aliphatic carbocycles. The summed E-state index contributed by atoms with van der Waals surface area (Å²) in [6.07, 6.45) is 8.00. The number of rotatable bonds is 6. The van der Waals surface area contributed by atoms with Gasteiger partial charge in [-0.1, -0.05) is 0 Å². The summed E-state index contributed by atoms with van der Waals surface area (Å²) in [5.74, 6) is -0.138. The quantitative estimate of drug-likeness (QED) is 0.790. The van der Waals surface area contributed by atoms with Crippen molar-refractivity contribution >= 4 is 21.6 Å². The van der Waals surface area contributed by atoms with E-state index in [1.54, 1.807) is 30.7 Å². The first-order chi connectivity index (χ1) is 11.4. The maximum atomic E-state index is 12.2. The number of hydrogen-bond acceptors (Lipinski definition) is 4. The number of nitrogens with zero attached hydrogens (tertiary/aromatic N) is 3. The third kappa shape index (κ3) is 3.59. The van der Waals surface area contributed by atoms with Crippen molar-refractivity contribution in [3.8, 4) is 0 Å². The van der Waals surface area contributed by atoms with Crippen molar-refractivity contribution in [1.82, 2.24) is 14.9 Å². The molecule has 0 saturated carbocycles. The molecule has 0 radical (unpaired) electrons. The molecular formula is C16H20N4O3S. The van der Waals surface area contributed by atoms with Gasteiger partial charge in [-0.15, -0.1) is 0 Å². The fourth-order valence-electron chi connectivity index (χ4n) is 2.84. The summed E-state index contributed by atoms with van der Waals surface area (Å²) in [5, 5.41) is 2.89. The second-order valence-corrected chi connectivity index (χ2v) is 7.75. The van der Waals surface area contributed by atoms with Gasteiger partial charge < -0.3 is 9.88 Å². The highest BCUT2D eigenvalue weighted by Gasteiger charge is 2.26. The van der Waals surface area contributed by atoms with Crippen LogP contribution in [-0.4, -0.2) is 43.2 Å². The van der Waals surface area contributed by atoms with Crippen LogP contribution in [0.2, 0.25) is 0 Å². The molecule has 1 aromatic heterocycles. The van der Waals surface area contributed by atoms with Gasteiger partial charge in [-0.25, -0.2) is 13.4 Å². The Morgan fingerprint density at radius 2 is 2.21 bits per heavy atom. The number of benzene rings is 1. The smallest absolute Gasteiger partial charge is 0.251 e. The summed E-state index contributed by atoms with van der Waals surface area (Å²) in [7, 11) is -3.26. The van der Waals surface area contributed by atoms with E-state index < -0.39 is 10.0 Å². The number of aryl methyl sites for hydroxylation is 1. The second-order valence-electron chi connectivity index (χ2n) is 5.84. The van der Waals surface area contributed by atoms with E-state index in [1.165, 1.54) is 10.6 Å². The standard InChI is InChI=1S/C16H20N4O3S/c1-24(22,23)20-9-5-13-11-14(3-4-15(13)20)16(21)18-6-2-8-19-10-7-17-12-19/h3-4,7,10-12H,2,5-6,8-9H2,1H3,(H,18,21). The molecule has 7 nitrogen and oxygen atoms in total. The van der Waals surface area contributed by atoms with Crippen molar-refractivity contribution in [2.45, 2.75) is 19.4 Å². The maximum Gasteiger partial charge on any atom is 0.251 e. The van der Waals surface area contributed by atoms with Crippen LogP contribution in [0, 0.1) is 0 Å². The number of hydrogen-bond donors (Lipinski definition) is 1. The number of amides is 1. The molecule has 0 unspecified atom stereocenters. The number of fused-ring (bicyclic) bond motifs is 1. The van der Waals surface area contributed by atoms with Gasteiger partial charge in [-0.2, -0.15) is 0 Å². The monoisotopic (exact) mass is 348 g/mol. The summed E-state index contributed by atoms with van der Waals surface area (Å²) in [6, 6.07) is 5.17. The number of nitrogens with one attached hydrogen (secondary N) is 1. The Labute approximate surface area is 141 Å². The molecule has 2 aromatic rings. The second kappa shape index (κ2) is 6.64. The van der Waals surface area contributed by atoms with Crippen molar-refractivity contribution in [1.29, 1.82) is 0 Å². The van der Waals surface area contributed by atoms with Crippen molar-refractivity contribution in [2.75, 3.05) is 23.7 Å². The highest BCUT2D eigenvalue weighted by molar-refractivity contribution is 7.92. The number of carbonyl (C=O) groups is 1. The van der Waals surface area contributed by atoms with Crippen LogP contribution in [0.4, 0.5) is 5.69 Å². The predicted octanol–water partition coefficient (Wildman–Crippen LogP) is 1.03. The molecule has 0 saturated heterocycles. The average Bonchev–Trinajstić information content (AvgIpc) is 3.19. The van der Waals surface area contributed by atoms with E-state index in [-0.39, 0.29) is 5.91 Å². The van der Waals surface area contributed by atoms with Crippen LogP contribution >= 0.6 is 0 Å². The summed E-state index contributed by atoms with van der Waals surface area (Å²) >= 11 is 0. The Bertz CT molecular complexity index is 831. The number of imidazole rings is 1. The molecule has 0 atom stereocenters. The summed E-state index contributed by atoms with van der Waals surface area (Å²) in [6.45, 7) is 1.81. The minimum Gasteiger partial charge on any atom is -0.352 e. The zero-order chi connectivity index (χ0) is 17.2. The van der Waals surface area contributed by atoms with Gasteiger partial charge in [0.25, 0.3) is 5.91 Å². The fourth-order valence-corrected chi connectivity index (χ4v) is 3.80. The molecule has 24 heavy (non-hydrogen) atoms. The average molecular weight is 348 g/mol. The van der Waals surface area contributed by atoms with Gasteiger partial charge in [0, 0.05) is 37.6 Å². The van der Waals surface area contributed by atoms with Crippen LogP contribution in [0.25, 0.3) is 0 Å². The Balaban J connectivity index is 1.58. The van der Waals surface area contributed by atoms with Crippen LogP contribution in [0.5, 0.6) is 0 Å². The van der Waals surface area contributed by atoms with Gasteiger partial charge in [0.1, 0.15) is 0 Å². The highest BCUT2D eigenvalue weighted by atomic mass is 32.2. The molecule has 1 N–H and O–H groups in total. The molecule has 3 rings (SSSR count). The van der Waals surface area contributed by atoms with Crippen molar-refractivity contribution in [3.05, 3.63) is 48.0 Å². The minimum absolute atomic E-state index is 0.138. The molecule has 1 aliphatic rings. The number of aromatic nitrogens is 2. The molecule has 1 aromatic carbocycles. The first-order valence-corrected chi connectivity index (χ1v) is 9.64. The Kier molecular flexibility index (Phi) is 4.57. The van der Waals surface area contributed by atoms with Crippen molar-refractivity contribution < 1.29 is 13.2 Å². The van der Waals surface area contributed by atoms with Crippen LogP contribution in [0.3, 0.4) is 0 Å². The van der Waals surface area contributed by atoms with E-state index in [0.29, 0.717) is 30.8 Å². The Hall–Kier alpha value is -2.35. The van der Waals surface area contributed by atoms with Crippen molar-refractivity contribution in [3.63, 3.8) is 0 Å². The molecule has 0 fully saturated rings. The topological polar surface area (TPSA) is 84.3 Å². The summed E-state index contributed by atoms with van der Waals surface area (Å²) < 4.78 is 26.8. The summed E-state index contributed by atoms with van der Waals surface area (Å²) in [5.41, 5.74) is 2.13. The van der Waals surface area contributed by atoms with Crippen LogP contribution < -0.4 is 9.62 Å². The van der Waals surface area contributed by atoms with Gasteiger partial charge in [0.15, 0.2) is 0 Å². The number of anilines is 1. The zero-order valence-corrected chi connectivity index (χ0v) is 14.3. The van der Waals surface area contributed by atoms with Crippen LogP contribution in [0.1, 0.15) is 22.3 Å². The molecule has 0 bridgehead atoms. The lowest BCUT2D eigenvalue weighted by atomic mass is 10.1. The lowest BCUT2D eigenvalue weighted by Gasteiger charge is -2.16. The first-order valence-electron chi connectivity index (χ1n) is 7.80. The normalized spacial score (nSPS) is 13.8. The Morgan fingerprint density at radius 1 is 1.38 bits per heavy atom. The van der Waals surface area contributed by atoms with Gasteiger partial charge in [0.05, 0.1) is 18.3 Å². The molecular weight excluding hydrogens is 328 g/mol. The summed E-state index contributed by atoms with van der Waals surface area (Å²) in [4.78, 5) is 16.2. The van der Waals surface area contributed by atoms with Crippen LogP contribution in [-0.2, 0) is 23.0 Å². The van der Waals surface area contributed by atoms with E-state index >= 15 is 0 Å². The zero-order valence-electron chi connectivity index (χ0n) is 13.5. The van der Waals surface area contributed by atoms with Gasteiger partial charge in [0.2, 0.25) is 10.0 Å². The molecule has 8 heteroatoms. The van der Waals surface area contributed by atoms with Gasteiger partial charge >= 0.3 is 0 Å². The van der Waals surface area contributed by atoms with E-state index in [0.717, 1.165) is 18.5 Å². The predicted molar refractivity (Wildman–Crippen MR) is 91.5 cm³/mol. The van der Waals surface area contributed by atoms with Gasteiger partial charge in [-0.05, 0) is 36.6 Å². The SMILES string of the molecule is CS(=O)(=O)N1CCc2cc(C(=O)NCCCn3ccnc3)ccc21. The minimum atomic E-state index is -3.26. The van der Waals surface area contributed by atoms with Gasteiger partial charge in [-0.3, -0.25) is 9.10 Å². The maximum absolute atomic E-state index is 12.2. The van der Waals surface area contributed by atoms with E-state index in [2.05, 4.69) is 10.3 Å². The van der Waals surface area contributed by atoms with E-state index in [4.69, 9.17) is 0 Å². The molecule has 0 spiro atoms. The lowest BCUT2D eigenvalue weighted by molar-refractivity contribution is 0.0952. The van der Waals surface area contributed by atoms with E-state index in [9.17, 15) is 13.2 Å². The van der Waals surface area contributed by atoms with Crippen molar-refractivity contribution in [2.24, 2.45) is 0 Å². The fraction of sp³-hybridized carbons (Fsp3) is 0.375. The van der Waals surface area contributed by atoms with Crippen LogP contribution in [0.15, 0.2) is 36.9 Å². The molecule has 128 valence electrons. The molecule has 1 amide bonds. The van der Waals surface area contributed by atoms with E-state index in [1.807, 2.05) is 10.8 Å². The molecule has 1 aliphatic heterocycles. The lowest BCUT2D eigenvalue weighted by Crippen LogP contribution is -2.27. The number of carbonyl (C=O) groups excluding carboxylic acids is 1. The molecule has 2 heterocycles.